The lowest BCUT2D eigenvalue weighted by Gasteiger charge is -2.18. The van der Waals surface area contributed by atoms with Crippen LogP contribution in [0.5, 0.6) is 0 Å². The maximum absolute atomic E-state index is 13.0. The zero-order chi connectivity index (χ0) is 21.7. The second kappa shape index (κ2) is 9.71. The summed E-state index contributed by atoms with van der Waals surface area (Å²) in [5.74, 6) is 0.0310. The number of nitrogens with zero attached hydrogens (tertiary/aromatic N) is 2. The van der Waals surface area contributed by atoms with Gasteiger partial charge in [0.25, 0.3) is 5.56 Å². The average Bonchev–Trinajstić information content (AvgIpc) is 2.77. The summed E-state index contributed by atoms with van der Waals surface area (Å²) in [6, 6.07) is 14.1. The van der Waals surface area contributed by atoms with Gasteiger partial charge < -0.3 is 5.32 Å². The molecule has 0 aliphatic rings. The number of anilines is 1. The zero-order valence-corrected chi connectivity index (χ0v) is 18.2. The van der Waals surface area contributed by atoms with Gasteiger partial charge in [-0.1, -0.05) is 37.7 Å². The van der Waals surface area contributed by atoms with E-state index in [1.165, 1.54) is 11.8 Å². The summed E-state index contributed by atoms with van der Waals surface area (Å²) in [6.45, 7) is 5.78. The lowest BCUT2D eigenvalue weighted by Crippen LogP contribution is -2.26. The molecule has 7 heteroatoms. The molecule has 0 radical (unpaired) electrons. The minimum absolute atomic E-state index is 0.0198. The Labute approximate surface area is 179 Å². The van der Waals surface area contributed by atoms with E-state index in [1.807, 2.05) is 32.0 Å². The van der Waals surface area contributed by atoms with Crippen LogP contribution in [0.25, 0.3) is 10.9 Å². The van der Waals surface area contributed by atoms with Crippen molar-refractivity contribution in [3.8, 4) is 0 Å². The van der Waals surface area contributed by atoms with Crippen LogP contribution in [0.1, 0.15) is 50.0 Å². The Morgan fingerprint density at radius 1 is 1.10 bits per heavy atom. The molecule has 30 heavy (non-hydrogen) atoms. The number of hydrogen-bond acceptors (Lipinski definition) is 5. The van der Waals surface area contributed by atoms with Crippen LogP contribution >= 0.6 is 11.8 Å². The number of hydrogen-bond donors (Lipinski definition) is 1. The number of thioether (sulfide) groups is 1. The number of para-hydroxylation sites is 1. The second-order valence-electron chi connectivity index (χ2n) is 7.03. The SMILES string of the molecule is CCC(=O)Nc1ccc(C(=O)CSc2nc3ccccc3c(=O)n2[C@@H](C)CC)cc1. The number of aromatic nitrogens is 2. The molecule has 0 unspecified atom stereocenters. The van der Waals surface area contributed by atoms with Gasteiger partial charge in [0.1, 0.15) is 0 Å². The Hall–Kier alpha value is -2.93. The Bertz CT molecular complexity index is 1120. The summed E-state index contributed by atoms with van der Waals surface area (Å²) in [4.78, 5) is 41.8. The molecule has 1 N–H and O–H groups in total. The van der Waals surface area contributed by atoms with Gasteiger partial charge in [0.2, 0.25) is 5.91 Å². The third-order valence-corrected chi connectivity index (χ3v) is 5.90. The molecule has 1 atom stereocenters. The summed E-state index contributed by atoms with van der Waals surface area (Å²) in [7, 11) is 0. The highest BCUT2D eigenvalue weighted by atomic mass is 32.2. The normalized spacial score (nSPS) is 12.0. The first-order chi connectivity index (χ1) is 14.4. The summed E-state index contributed by atoms with van der Waals surface area (Å²) >= 11 is 1.27. The van der Waals surface area contributed by atoms with Crippen LogP contribution in [-0.2, 0) is 4.79 Å². The fraction of sp³-hybridized carbons (Fsp3) is 0.304. The number of amides is 1. The third-order valence-electron chi connectivity index (χ3n) is 4.95. The van der Waals surface area contributed by atoms with Crippen molar-refractivity contribution in [2.75, 3.05) is 11.1 Å². The summed E-state index contributed by atoms with van der Waals surface area (Å²) < 4.78 is 1.68. The Morgan fingerprint density at radius 3 is 2.47 bits per heavy atom. The number of carbonyl (C=O) groups excluding carboxylic acids is 2. The van der Waals surface area contributed by atoms with Crippen LogP contribution in [0, 0.1) is 0 Å². The predicted octanol–water partition coefficient (Wildman–Crippen LogP) is 4.69. The fourth-order valence-electron chi connectivity index (χ4n) is 3.00. The minimum Gasteiger partial charge on any atom is -0.326 e. The highest BCUT2D eigenvalue weighted by Gasteiger charge is 2.17. The quantitative estimate of drug-likeness (QED) is 0.323. The van der Waals surface area contributed by atoms with Crippen molar-refractivity contribution in [1.82, 2.24) is 9.55 Å². The van der Waals surface area contributed by atoms with Gasteiger partial charge in [0, 0.05) is 23.7 Å². The van der Waals surface area contributed by atoms with Gasteiger partial charge >= 0.3 is 0 Å². The van der Waals surface area contributed by atoms with Crippen LogP contribution < -0.4 is 10.9 Å². The van der Waals surface area contributed by atoms with E-state index < -0.39 is 0 Å². The molecule has 0 saturated heterocycles. The number of nitrogens with one attached hydrogen (secondary N) is 1. The zero-order valence-electron chi connectivity index (χ0n) is 17.3. The number of fused-ring (bicyclic) bond motifs is 1. The van der Waals surface area contributed by atoms with Crippen molar-refractivity contribution in [3.05, 3.63) is 64.4 Å². The van der Waals surface area contributed by atoms with E-state index in [1.54, 1.807) is 41.8 Å². The molecule has 2 aromatic carbocycles. The van der Waals surface area contributed by atoms with E-state index in [4.69, 9.17) is 0 Å². The summed E-state index contributed by atoms with van der Waals surface area (Å²) in [6.07, 6.45) is 1.18. The first-order valence-corrected chi connectivity index (χ1v) is 11.0. The lowest BCUT2D eigenvalue weighted by atomic mass is 10.1. The Balaban J connectivity index is 1.81. The molecule has 0 bridgehead atoms. The van der Waals surface area contributed by atoms with Gasteiger partial charge in [-0.05, 0) is 49.7 Å². The number of benzene rings is 2. The van der Waals surface area contributed by atoms with Gasteiger partial charge in [-0.25, -0.2) is 4.98 Å². The van der Waals surface area contributed by atoms with Crippen LogP contribution in [0.2, 0.25) is 0 Å². The van der Waals surface area contributed by atoms with E-state index in [0.717, 1.165) is 6.42 Å². The van der Waals surface area contributed by atoms with Crippen molar-refractivity contribution < 1.29 is 9.59 Å². The smallest absolute Gasteiger partial charge is 0.262 e. The number of ketones is 1. The standard InChI is InChI=1S/C23H25N3O3S/c1-4-15(3)26-22(29)18-8-6-7-9-19(18)25-23(26)30-14-20(27)16-10-12-17(13-11-16)24-21(28)5-2/h6-13,15H,4-5,14H2,1-3H3,(H,24,28)/t15-/m0/s1. The second-order valence-corrected chi connectivity index (χ2v) is 7.98. The molecule has 0 fully saturated rings. The maximum atomic E-state index is 13.0. The van der Waals surface area contributed by atoms with Gasteiger partial charge in [0.05, 0.1) is 16.7 Å². The van der Waals surface area contributed by atoms with Gasteiger partial charge in [-0.15, -0.1) is 0 Å². The van der Waals surface area contributed by atoms with Crippen LogP contribution in [0.15, 0.2) is 58.5 Å². The van der Waals surface area contributed by atoms with Crippen LogP contribution in [-0.4, -0.2) is 27.0 Å². The van der Waals surface area contributed by atoms with Gasteiger partial charge in [-0.2, -0.15) is 0 Å². The highest BCUT2D eigenvalue weighted by molar-refractivity contribution is 7.99. The minimum atomic E-state index is -0.0825. The van der Waals surface area contributed by atoms with Crippen molar-refractivity contribution in [2.24, 2.45) is 0 Å². The summed E-state index contributed by atoms with van der Waals surface area (Å²) in [5, 5.41) is 3.89. The Morgan fingerprint density at radius 2 is 1.80 bits per heavy atom. The topological polar surface area (TPSA) is 81.1 Å². The molecule has 6 nitrogen and oxygen atoms in total. The molecular formula is C23H25N3O3S. The molecule has 3 aromatic rings. The lowest BCUT2D eigenvalue weighted by molar-refractivity contribution is -0.115. The van der Waals surface area contributed by atoms with E-state index in [-0.39, 0.29) is 29.0 Å². The van der Waals surface area contributed by atoms with Crippen molar-refractivity contribution >= 4 is 40.0 Å². The Kier molecular flexibility index (Phi) is 7.05. The monoisotopic (exact) mass is 423 g/mol. The fourth-order valence-corrected chi connectivity index (χ4v) is 3.99. The van der Waals surface area contributed by atoms with Crippen LogP contribution in [0.4, 0.5) is 5.69 Å². The molecule has 1 aromatic heterocycles. The first-order valence-electron chi connectivity index (χ1n) is 10.0. The van der Waals surface area contributed by atoms with E-state index in [9.17, 15) is 14.4 Å². The van der Waals surface area contributed by atoms with E-state index in [0.29, 0.717) is 33.7 Å². The molecular weight excluding hydrogens is 398 g/mol. The first kappa shape index (κ1) is 21.8. The molecule has 0 saturated carbocycles. The molecule has 3 rings (SSSR count). The van der Waals surface area contributed by atoms with E-state index >= 15 is 0 Å². The van der Waals surface area contributed by atoms with Gasteiger partial charge in [0.15, 0.2) is 10.9 Å². The highest BCUT2D eigenvalue weighted by Crippen LogP contribution is 2.23. The molecule has 0 aliphatic heterocycles. The van der Waals surface area contributed by atoms with Crippen molar-refractivity contribution in [2.45, 2.75) is 44.8 Å². The van der Waals surface area contributed by atoms with Gasteiger partial charge in [-0.3, -0.25) is 19.0 Å². The summed E-state index contributed by atoms with van der Waals surface area (Å²) in [5.41, 5.74) is 1.76. The molecule has 0 spiro atoms. The molecule has 156 valence electrons. The molecule has 1 heterocycles. The van der Waals surface area contributed by atoms with Crippen molar-refractivity contribution in [3.63, 3.8) is 0 Å². The van der Waals surface area contributed by atoms with Crippen LogP contribution in [0.3, 0.4) is 0 Å². The molecule has 0 aliphatic carbocycles. The maximum Gasteiger partial charge on any atom is 0.262 e. The molecule has 1 amide bonds. The van der Waals surface area contributed by atoms with Crippen molar-refractivity contribution in [1.29, 1.82) is 0 Å². The number of rotatable bonds is 8. The number of carbonyl (C=O) groups is 2. The predicted molar refractivity (Wildman–Crippen MR) is 121 cm³/mol. The number of Topliss-reactive ketones (excluding diaryl/α,β-unsaturated/α-hetero) is 1. The van der Waals surface area contributed by atoms with E-state index in [2.05, 4.69) is 10.3 Å². The third kappa shape index (κ3) is 4.79. The average molecular weight is 424 g/mol. The largest absolute Gasteiger partial charge is 0.326 e.